The number of ether oxygens (including phenoxy) is 3. The molecule has 0 heterocycles. The lowest BCUT2D eigenvalue weighted by Crippen LogP contribution is -2.45. The first-order valence-corrected chi connectivity index (χ1v) is 10.2. The predicted octanol–water partition coefficient (Wildman–Crippen LogP) is 5.57. The molecule has 0 aromatic rings. The molecule has 0 aliphatic rings. The van der Waals surface area contributed by atoms with Gasteiger partial charge >= 0.3 is 0 Å². The molecule has 0 aromatic heterocycles. The second kappa shape index (κ2) is 10.8. The van der Waals surface area contributed by atoms with Gasteiger partial charge in [-0.2, -0.15) is 0 Å². The van der Waals surface area contributed by atoms with Crippen molar-refractivity contribution < 1.29 is 19.0 Å². The molecule has 0 N–H and O–H groups in total. The minimum absolute atomic E-state index is 0.00526. The van der Waals surface area contributed by atoms with Crippen LogP contribution in [-0.2, 0) is 19.0 Å². The first-order valence-electron chi connectivity index (χ1n) is 10.2. The topological polar surface area (TPSA) is 44.8 Å². The van der Waals surface area contributed by atoms with Gasteiger partial charge in [-0.05, 0) is 60.3 Å². The average molecular weight is 373 g/mol. The SMILES string of the molecule is CCC(=O)CCOC(C)(C)CC(C)OC(C)(C)C(C)(C)CCOC(C)C. The zero-order valence-electron chi connectivity index (χ0n) is 19.0. The van der Waals surface area contributed by atoms with E-state index >= 15 is 0 Å². The van der Waals surface area contributed by atoms with Gasteiger partial charge in [0.2, 0.25) is 0 Å². The van der Waals surface area contributed by atoms with Crippen molar-refractivity contribution in [2.45, 2.75) is 118 Å². The van der Waals surface area contributed by atoms with Gasteiger partial charge in [-0.1, -0.05) is 20.8 Å². The highest BCUT2D eigenvalue weighted by Crippen LogP contribution is 2.38. The molecular weight excluding hydrogens is 328 g/mol. The first-order chi connectivity index (χ1) is 11.7. The molecule has 0 spiro atoms. The van der Waals surface area contributed by atoms with E-state index in [9.17, 15) is 4.79 Å². The highest BCUT2D eigenvalue weighted by Gasteiger charge is 2.39. The van der Waals surface area contributed by atoms with Crippen molar-refractivity contribution in [3.8, 4) is 0 Å². The molecule has 4 heteroatoms. The highest BCUT2D eigenvalue weighted by molar-refractivity contribution is 5.78. The summed E-state index contributed by atoms with van der Waals surface area (Å²) in [6.45, 7) is 22.3. The molecule has 0 rings (SSSR count). The van der Waals surface area contributed by atoms with Crippen LogP contribution < -0.4 is 0 Å². The molecule has 1 atom stereocenters. The van der Waals surface area contributed by atoms with Crippen LogP contribution in [0.1, 0.15) is 94.9 Å². The lowest BCUT2D eigenvalue weighted by Gasteiger charge is -2.44. The summed E-state index contributed by atoms with van der Waals surface area (Å²) in [5.41, 5.74) is -0.593. The largest absolute Gasteiger partial charge is 0.379 e. The molecule has 0 amide bonds. The number of carbonyl (C=O) groups is 1. The maximum Gasteiger partial charge on any atom is 0.134 e. The lowest BCUT2D eigenvalue weighted by atomic mass is 9.74. The van der Waals surface area contributed by atoms with E-state index in [1.54, 1.807) is 0 Å². The fourth-order valence-electron chi connectivity index (χ4n) is 2.92. The van der Waals surface area contributed by atoms with E-state index in [0.717, 1.165) is 19.4 Å². The van der Waals surface area contributed by atoms with Crippen LogP contribution in [0.2, 0.25) is 0 Å². The molecule has 156 valence electrons. The van der Waals surface area contributed by atoms with Crippen molar-refractivity contribution in [3.05, 3.63) is 0 Å². The van der Waals surface area contributed by atoms with Crippen LogP contribution in [0.5, 0.6) is 0 Å². The van der Waals surface area contributed by atoms with E-state index in [4.69, 9.17) is 14.2 Å². The molecule has 0 fully saturated rings. The number of hydrogen-bond acceptors (Lipinski definition) is 4. The van der Waals surface area contributed by atoms with Crippen LogP contribution >= 0.6 is 0 Å². The Morgan fingerprint density at radius 2 is 1.54 bits per heavy atom. The monoisotopic (exact) mass is 372 g/mol. The third kappa shape index (κ3) is 10.0. The molecule has 0 aliphatic heterocycles. The maximum absolute atomic E-state index is 11.4. The lowest BCUT2D eigenvalue weighted by molar-refractivity contribution is -0.158. The summed E-state index contributed by atoms with van der Waals surface area (Å²) in [4.78, 5) is 11.4. The van der Waals surface area contributed by atoms with E-state index in [1.807, 2.05) is 6.92 Å². The Hall–Kier alpha value is -0.450. The maximum atomic E-state index is 11.4. The molecule has 1 unspecified atom stereocenters. The van der Waals surface area contributed by atoms with Gasteiger partial charge in [-0.3, -0.25) is 4.79 Å². The zero-order valence-corrected chi connectivity index (χ0v) is 19.0. The number of hydrogen-bond donors (Lipinski definition) is 0. The quantitative estimate of drug-likeness (QED) is 0.400. The summed E-state index contributed by atoms with van der Waals surface area (Å²) in [5, 5.41) is 0. The van der Waals surface area contributed by atoms with Gasteiger partial charge in [0, 0.05) is 25.9 Å². The van der Waals surface area contributed by atoms with Crippen LogP contribution in [0.25, 0.3) is 0 Å². The summed E-state index contributed by atoms with van der Waals surface area (Å²) >= 11 is 0. The van der Waals surface area contributed by atoms with Crippen molar-refractivity contribution in [3.63, 3.8) is 0 Å². The predicted molar refractivity (Wildman–Crippen MR) is 109 cm³/mol. The fourth-order valence-corrected chi connectivity index (χ4v) is 2.92. The van der Waals surface area contributed by atoms with E-state index in [2.05, 4.69) is 62.3 Å². The second-order valence-electron chi connectivity index (χ2n) is 9.45. The van der Waals surface area contributed by atoms with Gasteiger partial charge < -0.3 is 14.2 Å². The number of Topliss-reactive ketones (excluding diaryl/α,β-unsaturated/α-hetero) is 1. The Bertz CT molecular complexity index is 410. The van der Waals surface area contributed by atoms with Gasteiger partial charge in [0.25, 0.3) is 0 Å². The summed E-state index contributed by atoms with van der Waals surface area (Å²) in [5.74, 6) is 0.247. The molecular formula is C22H44O4. The van der Waals surface area contributed by atoms with Crippen LogP contribution in [0.3, 0.4) is 0 Å². The van der Waals surface area contributed by atoms with Crippen molar-refractivity contribution in [1.29, 1.82) is 0 Å². The fraction of sp³-hybridized carbons (Fsp3) is 0.955. The van der Waals surface area contributed by atoms with Gasteiger partial charge in [-0.15, -0.1) is 0 Å². The van der Waals surface area contributed by atoms with Crippen LogP contribution in [-0.4, -0.2) is 42.4 Å². The minimum atomic E-state index is -0.311. The Morgan fingerprint density at radius 1 is 0.962 bits per heavy atom. The Labute approximate surface area is 162 Å². The van der Waals surface area contributed by atoms with Gasteiger partial charge in [0.05, 0.1) is 30.0 Å². The molecule has 0 saturated carbocycles. The van der Waals surface area contributed by atoms with Crippen molar-refractivity contribution >= 4 is 5.78 Å². The Kier molecular flexibility index (Phi) is 10.6. The standard InChI is InChI=1S/C22H44O4/c1-11-19(23)12-14-25-21(7,8)16-18(4)26-22(9,10)20(5,6)13-15-24-17(2)3/h17-18H,11-16H2,1-10H3. The van der Waals surface area contributed by atoms with Crippen molar-refractivity contribution in [2.24, 2.45) is 5.41 Å². The van der Waals surface area contributed by atoms with E-state index in [1.165, 1.54) is 0 Å². The highest BCUT2D eigenvalue weighted by atomic mass is 16.5. The van der Waals surface area contributed by atoms with E-state index < -0.39 is 0 Å². The first kappa shape index (κ1) is 25.6. The minimum Gasteiger partial charge on any atom is -0.379 e. The third-order valence-electron chi connectivity index (χ3n) is 5.35. The molecule has 0 aromatic carbocycles. The molecule has 0 saturated heterocycles. The number of carbonyl (C=O) groups excluding carboxylic acids is 1. The van der Waals surface area contributed by atoms with Gasteiger partial charge in [-0.25, -0.2) is 0 Å². The van der Waals surface area contributed by atoms with Crippen LogP contribution in [0.4, 0.5) is 0 Å². The average Bonchev–Trinajstić information content (AvgIpc) is 2.44. The molecule has 0 radical (unpaired) electrons. The van der Waals surface area contributed by atoms with E-state index in [0.29, 0.717) is 19.4 Å². The Morgan fingerprint density at radius 3 is 2.04 bits per heavy atom. The zero-order chi connectivity index (χ0) is 20.6. The normalized spacial score (nSPS) is 14.7. The summed E-state index contributed by atoms with van der Waals surface area (Å²) in [6, 6.07) is 0. The molecule has 0 bridgehead atoms. The number of ketones is 1. The number of rotatable bonds is 14. The Balaban J connectivity index is 4.55. The van der Waals surface area contributed by atoms with Crippen LogP contribution in [0.15, 0.2) is 0 Å². The second-order valence-corrected chi connectivity index (χ2v) is 9.45. The van der Waals surface area contributed by atoms with Crippen LogP contribution in [0, 0.1) is 5.41 Å². The van der Waals surface area contributed by atoms with Crippen molar-refractivity contribution in [1.82, 2.24) is 0 Å². The van der Waals surface area contributed by atoms with Crippen molar-refractivity contribution in [2.75, 3.05) is 13.2 Å². The summed E-state index contributed by atoms with van der Waals surface area (Å²) in [6.07, 6.45) is 3.12. The summed E-state index contributed by atoms with van der Waals surface area (Å²) in [7, 11) is 0. The molecule has 26 heavy (non-hydrogen) atoms. The van der Waals surface area contributed by atoms with Gasteiger partial charge in [0.1, 0.15) is 5.78 Å². The summed E-state index contributed by atoms with van der Waals surface area (Å²) < 4.78 is 18.1. The van der Waals surface area contributed by atoms with E-state index in [-0.39, 0.29) is 34.6 Å². The van der Waals surface area contributed by atoms with Gasteiger partial charge in [0.15, 0.2) is 0 Å². The molecule has 4 nitrogen and oxygen atoms in total. The third-order valence-corrected chi connectivity index (χ3v) is 5.35. The molecule has 0 aliphatic carbocycles. The smallest absolute Gasteiger partial charge is 0.134 e.